The summed E-state index contributed by atoms with van der Waals surface area (Å²) in [6.45, 7) is 8.88. The molecular formula is C37H40Cl2N6O2. The standard InChI is InChI=1S/C37H40Cl2N6O2/c1-26-25-47-19-18-43(26)15-5-16-45-35-14-17-44(37(40)46)24-32(35)36(42-45)30-11-13-33(38)29(21-30)10-8-27-9-12-34(39)31(20-27)23-41-22-28-6-3-2-4-7-28/h2-4,6-7,9,11-13,20-21,26,41H,5,14-19,22-25H2,1H3,(H2,40,46)/t26-/m0/s1. The van der Waals surface area contributed by atoms with E-state index in [-0.39, 0.29) is 0 Å². The number of carbonyl (C=O) groups excluding carboxylic acids is 1. The highest BCUT2D eigenvalue weighted by atomic mass is 35.5. The summed E-state index contributed by atoms with van der Waals surface area (Å²) in [5.74, 6) is 6.56. The Kier molecular flexibility index (Phi) is 10.8. The number of rotatable bonds is 9. The van der Waals surface area contributed by atoms with E-state index in [1.54, 1.807) is 4.90 Å². The van der Waals surface area contributed by atoms with Gasteiger partial charge in [0.05, 0.1) is 30.5 Å². The molecule has 0 saturated carbocycles. The minimum atomic E-state index is -0.420. The predicted molar refractivity (Wildman–Crippen MR) is 187 cm³/mol. The molecule has 1 fully saturated rings. The Morgan fingerprint density at radius 2 is 1.85 bits per heavy atom. The Balaban J connectivity index is 1.22. The van der Waals surface area contributed by atoms with Gasteiger partial charge in [-0.15, -0.1) is 0 Å². The van der Waals surface area contributed by atoms with E-state index in [1.807, 2.05) is 54.6 Å². The van der Waals surface area contributed by atoms with E-state index >= 15 is 0 Å². The predicted octanol–water partition coefficient (Wildman–Crippen LogP) is 6.09. The van der Waals surface area contributed by atoms with Crippen LogP contribution in [0.3, 0.4) is 0 Å². The van der Waals surface area contributed by atoms with Gasteiger partial charge in [0.2, 0.25) is 0 Å². The number of nitrogens with two attached hydrogens (primary N) is 1. The van der Waals surface area contributed by atoms with Gasteiger partial charge in [-0.2, -0.15) is 5.10 Å². The zero-order valence-corrected chi connectivity index (χ0v) is 28.2. The lowest BCUT2D eigenvalue weighted by molar-refractivity contribution is -0.00122. The van der Waals surface area contributed by atoms with E-state index < -0.39 is 6.03 Å². The highest BCUT2D eigenvalue weighted by molar-refractivity contribution is 6.32. The molecule has 47 heavy (non-hydrogen) atoms. The third-order valence-corrected chi connectivity index (χ3v) is 9.58. The number of ether oxygens (including phenoxy) is 1. The highest BCUT2D eigenvalue weighted by Crippen LogP contribution is 2.32. The lowest BCUT2D eigenvalue weighted by Crippen LogP contribution is -2.44. The molecule has 1 aromatic heterocycles. The Morgan fingerprint density at radius 1 is 1.02 bits per heavy atom. The van der Waals surface area contributed by atoms with E-state index in [4.69, 9.17) is 38.8 Å². The van der Waals surface area contributed by atoms with Crippen LogP contribution < -0.4 is 11.1 Å². The first-order chi connectivity index (χ1) is 22.9. The topological polar surface area (TPSA) is 88.7 Å². The second kappa shape index (κ2) is 15.4. The quantitative estimate of drug-likeness (QED) is 0.210. The summed E-state index contributed by atoms with van der Waals surface area (Å²) in [5, 5.41) is 9.82. The molecule has 8 nitrogen and oxygen atoms in total. The van der Waals surface area contributed by atoms with Gasteiger partial charge in [0.15, 0.2) is 0 Å². The number of carbonyl (C=O) groups is 1. The molecule has 10 heteroatoms. The van der Waals surface area contributed by atoms with Gasteiger partial charge >= 0.3 is 6.03 Å². The number of halogens is 2. The number of hydrogen-bond donors (Lipinski definition) is 2. The van der Waals surface area contributed by atoms with Crippen molar-refractivity contribution in [2.45, 2.75) is 52.0 Å². The van der Waals surface area contributed by atoms with Crippen LogP contribution in [-0.2, 0) is 37.3 Å². The van der Waals surface area contributed by atoms with E-state index in [9.17, 15) is 4.79 Å². The van der Waals surface area contributed by atoms with Gasteiger partial charge in [-0.1, -0.05) is 71.4 Å². The molecule has 3 aromatic carbocycles. The summed E-state index contributed by atoms with van der Waals surface area (Å²) >= 11 is 13.2. The van der Waals surface area contributed by atoms with Crippen LogP contribution in [0.1, 0.15) is 46.9 Å². The van der Waals surface area contributed by atoms with Crippen LogP contribution in [0.15, 0.2) is 66.7 Å². The van der Waals surface area contributed by atoms with Gasteiger partial charge in [-0.25, -0.2) is 4.79 Å². The monoisotopic (exact) mass is 670 g/mol. The van der Waals surface area contributed by atoms with Gasteiger partial charge in [0, 0.05) is 84.7 Å². The molecule has 1 atom stereocenters. The summed E-state index contributed by atoms with van der Waals surface area (Å²) < 4.78 is 7.72. The van der Waals surface area contributed by atoms with Crippen LogP contribution in [0.25, 0.3) is 11.3 Å². The fourth-order valence-corrected chi connectivity index (χ4v) is 6.60. The van der Waals surface area contributed by atoms with E-state index in [0.29, 0.717) is 47.7 Å². The Labute approximate surface area is 286 Å². The fourth-order valence-electron chi connectivity index (χ4n) is 6.25. The maximum atomic E-state index is 12.1. The van der Waals surface area contributed by atoms with Gasteiger partial charge in [-0.05, 0) is 54.8 Å². The second-order valence-corrected chi connectivity index (χ2v) is 13.0. The number of nitrogens with one attached hydrogen (secondary N) is 1. The summed E-state index contributed by atoms with van der Waals surface area (Å²) in [7, 11) is 0. The Bertz CT molecular complexity index is 1780. The molecule has 3 heterocycles. The molecule has 2 aliphatic heterocycles. The molecule has 2 aliphatic rings. The van der Waals surface area contributed by atoms with Crippen LogP contribution >= 0.6 is 23.2 Å². The SMILES string of the molecule is C[C@H]1COCCN1CCCn1nc(-c2ccc(Cl)c(C#Cc3ccc(Cl)c(CNCc4ccccc4)c3)c2)c2c1CCN(C(N)=O)C2. The van der Waals surface area contributed by atoms with E-state index in [2.05, 4.69) is 45.8 Å². The van der Waals surface area contributed by atoms with Crippen LogP contribution in [0.5, 0.6) is 0 Å². The van der Waals surface area contributed by atoms with Crippen LogP contribution in [0.2, 0.25) is 10.0 Å². The third-order valence-electron chi connectivity index (χ3n) is 8.88. The first-order valence-corrected chi connectivity index (χ1v) is 16.9. The zero-order valence-electron chi connectivity index (χ0n) is 26.6. The summed E-state index contributed by atoms with van der Waals surface area (Å²) in [6.07, 6.45) is 1.68. The number of morpholine rings is 1. The average Bonchev–Trinajstić information content (AvgIpc) is 3.44. The molecule has 1 saturated heterocycles. The van der Waals surface area contributed by atoms with Gasteiger partial charge in [0.1, 0.15) is 0 Å². The van der Waals surface area contributed by atoms with Crippen molar-refractivity contribution in [2.75, 3.05) is 32.8 Å². The lowest BCUT2D eigenvalue weighted by atomic mass is 9.99. The number of primary amides is 1. The third kappa shape index (κ3) is 8.18. The van der Waals surface area contributed by atoms with Gasteiger partial charge in [-0.3, -0.25) is 9.58 Å². The number of hydrogen-bond acceptors (Lipinski definition) is 5. The van der Waals surface area contributed by atoms with Crippen molar-refractivity contribution in [3.63, 3.8) is 0 Å². The van der Waals surface area contributed by atoms with Crippen molar-refractivity contribution in [3.05, 3.63) is 110 Å². The number of aryl methyl sites for hydroxylation is 1. The van der Waals surface area contributed by atoms with Gasteiger partial charge in [0.25, 0.3) is 0 Å². The molecule has 2 amide bonds. The van der Waals surface area contributed by atoms with Crippen molar-refractivity contribution in [2.24, 2.45) is 5.73 Å². The Hall–Kier alpha value is -3.84. The van der Waals surface area contributed by atoms with Crippen LogP contribution in [0, 0.1) is 11.8 Å². The van der Waals surface area contributed by atoms with Crippen molar-refractivity contribution < 1.29 is 9.53 Å². The van der Waals surface area contributed by atoms with Crippen molar-refractivity contribution in [3.8, 4) is 23.1 Å². The molecule has 3 N–H and O–H groups in total. The largest absolute Gasteiger partial charge is 0.379 e. The average molecular weight is 672 g/mol. The van der Waals surface area contributed by atoms with Crippen molar-refractivity contribution >= 4 is 29.2 Å². The summed E-state index contributed by atoms with van der Waals surface area (Å²) in [5.41, 5.74) is 13.4. The summed E-state index contributed by atoms with van der Waals surface area (Å²) in [6, 6.07) is 21.9. The molecule has 0 unspecified atom stereocenters. The maximum Gasteiger partial charge on any atom is 0.315 e. The number of fused-ring (bicyclic) bond motifs is 1. The van der Waals surface area contributed by atoms with E-state index in [1.165, 1.54) is 5.56 Å². The first kappa shape index (κ1) is 33.1. The second-order valence-electron chi connectivity index (χ2n) is 12.2. The zero-order chi connectivity index (χ0) is 32.8. The minimum absolute atomic E-state index is 0.416. The number of urea groups is 1. The Morgan fingerprint density at radius 3 is 2.66 bits per heavy atom. The van der Waals surface area contributed by atoms with Crippen LogP contribution in [0.4, 0.5) is 4.79 Å². The molecule has 244 valence electrons. The molecule has 0 radical (unpaired) electrons. The molecular weight excluding hydrogens is 631 g/mol. The minimum Gasteiger partial charge on any atom is -0.379 e. The normalized spacial score (nSPS) is 16.4. The van der Waals surface area contributed by atoms with E-state index in [0.717, 1.165) is 79.5 Å². The number of nitrogens with zero attached hydrogens (tertiary/aromatic N) is 4. The van der Waals surface area contributed by atoms with Crippen molar-refractivity contribution in [1.29, 1.82) is 0 Å². The maximum absolute atomic E-state index is 12.1. The molecule has 0 spiro atoms. The number of aromatic nitrogens is 2. The molecule has 4 aromatic rings. The van der Waals surface area contributed by atoms with Gasteiger partial charge < -0.3 is 20.7 Å². The smallest absolute Gasteiger partial charge is 0.315 e. The number of amides is 2. The highest BCUT2D eigenvalue weighted by Gasteiger charge is 2.27. The fraction of sp³-hybridized carbons (Fsp3) is 0.351. The van der Waals surface area contributed by atoms with Crippen molar-refractivity contribution in [1.82, 2.24) is 24.9 Å². The van der Waals surface area contributed by atoms with Crippen LogP contribution in [-0.4, -0.2) is 64.5 Å². The molecule has 0 aliphatic carbocycles. The lowest BCUT2D eigenvalue weighted by Gasteiger charge is -2.33. The number of benzene rings is 3. The first-order valence-electron chi connectivity index (χ1n) is 16.2. The summed E-state index contributed by atoms with van der Waals surface area (Å²) in [4.78, 5) is 16.3. The molecule has 0 bridgehead atoms. The molecule has 6 rings (SSSR count).